The fourth-order valence-electron chi connectivity index (χ4n) is 2.78. The van der Waals surface area contributed by atoms with Gasteiger partial charge in [-0.1, -0.05) is 11.6 Å². The minimum absolute atomic E-state index is 0.0654. The minimum Gasteiger partial charge on any atom is -0.358 e. The van der Waals surface area contributed by atoms with Gasteiger partial charge in [-0.2, -0.15) is 45.3 Å². The lowest BCUT2D eigenvalue weighted by Crippen LogP contribution is -2.36. The second kappa shape index (κ2) is 8.56. The van der Waals surface area contributed by atoms with E-state index in [0.29, 0.717) is 4.68 Å². The number of rotatable bonds is 7. The molecule has 0 saturated heterocycles. The Kier molecular flexibility index (Phi) is 6.41. The van der Waals surface area contributed by atoms with Crippen LogP contribution >= 0.6 is 11.6 Å². The smallest absolute Gasteiger partial charge is 0.358 e. The SMILES string of the molecule is Cn1nc(C(F)(F)C(F)(F)F)c(C(F)(F)F)c1-n1cc(N/C=C(\C(=N)Cl)C(=O)NC2CC2)cn1. The number of carbonyl (C=O) groups is 1. The summed E-state index contributed by atoms with van der Waals surface area (Å²) >= 11 is 5.58. The highest BCUT2D eigenvalue weighted by Gasteiger charge is 2.64. The molecule has 0 bridgehead atoms. The van der Waals surface area contributed by atoms with Crippen molar-refractivity contribution in [1.29, 1.82) is 5.41 Å². The van der Waals surface area contributed by atoms with Crippen LogP contribution in [-0.2, 0) is 23.9 Å². The number of amides is 1. The van der Waals surface area contributed by atoms with Crippen molar-refractivity contribution in [2.45, 2.75) is 37.2 Å². The third-order valence-corrected chi connectivity index (χ3v) is 4.73. The lowest BCUT2D eigenvalue weighted by molar-refractivity contribution is -0.292. The number of nitrogens with zero attached hydrogens (tertiary/aromatic N) is 4. The van der Waals surface area contributed by atoms with Crippen LogP contribution in [0, 0.1) is 5.41 Å². The zero-order valence-electron chi connectivity index (χ0n) is 16.8. The van der Waals surface area contributed by atoms with E-state index in [2.05, 4.69) is 20.8 Å². The van der Waals surface area contributed by atoms with E-state index >= 15 is 0 Å². The Bertz CT molecular complexity index is 1140. The lowest BCUT2D eigenvalue weighted by Gasteiger charge is -2.19. The molecule has 2 aromatic heterocycles. The van der Waals surface area contributed by atoms with Crippen molar-refractivity contribution in [3.63, 3.8) is 0 Å². The van der Waals surface area contributed by atoms with Gasteiger partial charge in [-0.05, 0) is 12.8 Å². The summed E-state index contributed by atoms with van der Waals surface area (Å²) in [5.74, 6) is -7.79. The second-order valence-corrected chi connectivity index (χ2v) is 7.56. The predicted octanol–water partition coefficient (Wildman–Crippen LogP) is 4.07. The van der Waals surface area contributed by atoms with Gasteiger partial charge in [0, 0.05) is 19.3 Å². The fourth-order valence-corrected chi connectivity index (χ4v) is 2.92. The van der Waals surface area contributed by atoms with Crippen LogP contribution in [0.15, 0.2) is 24.2 Å². The normalized spacial score (nSPS) is 15.4. The van der Waals surface area contributed by atoms with Crippen molar-refractivity contribution in [3.05, 3.63) is 35.4 Å². The Morgan fingerprint density at radius 2 is 1.82 bits per heavy atom. The quantitative estimate of drug-likeness (QED) is 0.292. The molecule has 0 radical (unpaired) electrons. The maximum absolute atomic E-state index is 13.8. The zero-order valence-corrected chi connectivity index (χ0v) is 17.6. The van der Waals surface area contributed by atoms with Gasteiger partial charge < -0.3 is 10.6 Å². The summed E-state index contributed by atoms with van der Waals surface area (Å²) in [5, 5.41) is 18.2. The Morgan fingerprint density at radius 1 is 1.21 bits per heavy atom. The molecule has 3 rings (SSSR count). The highest BCUT2D eigenvalue weighted by atomic mass is 35.5. The van der Waals surface area contributed by atoms with Crippen LogP contribution < -0.4 is 10.6 Å². The molecule has 2 aromatic rings. The first-order valence-electron chi connectivity index (χ1n) is 9.20. The molecule has 1 saturated carbocycles. The first-order valence-corrected chi connectivity index (χ1v) is 9.58. The van der Waals surface area contributed by atoms with E-state index in [-0.39, 0.29) is 22.0 Å². The number of alkyl halides is 8. The number of hydrogen-bond acceptors (Lipinski definition) is 5. The minimum atomic E-state index is -6.33. The first-order chi connectivity index (χ1) is 15.5. The van der Waals surface area contributed by atoms with E-state index in [0.717, 1.165) is 38.5 Å². The first kappa shape index (κ1) is 25.5. The molecule has 1 aliphatic carbocycles. The average molecular weight is 520 g/mol. The Balaban J connectivity index is 1.99. The standard InChI is InChI=1S/C17H14ClF8N7O/c1-32-14(10(16(21,22)23)11(31-32)15(19,20)17(24,25)26)33-6-8(4-29-33)28-5-9(12(18)27)13(34)30-7-2-3-7/h4-7,27-28H,2-3H2,1H3,(H,30,34)/b9-5+,27-12?. The molecule has 0 unspecified atom stereocenters. The topological polar surface area (TPSA) is 101 Å². The highest BCUT2D eigenvalue weighted by Crippen LogP contribution is 2.49. The third kappa shape index (κ3) is 5.00. The number of nitrogens with one attached hydrogen (secondary N) is 3. The molecule has 0 spiro atoms. The fraction of sp³-hybridized carbons (Fsp3) is 0.412. The van der Waals surface area contributed by atoms with Gasteiger partial charge >= 0.3 is 18.3 Å². The molecule has 8 nitrogen and oxygen atoms in total. The Labute approximate surface area is 190 Å². The van der Waals surface area contributed by atoms with Gasteiger partial charge in [0.05, 0.1) is 23.7 Å². The summed E-state index contributed by atoms with van der Waals surface area (Å²) < 4.78 is 107. The van der Waals surface area contributed by atoms with Crippen LogP contribution in [0.1, 0.15) is 24.1 Å². The van der Waals surface area contributed by atoms with Gasteiger partial charge in [-0.25, -0.2) is 9.36 Å². The molecule has 0 aromatic carbocycles. The predicted molar refractivity (Wildman–Crippen MR) is 102 cm³/mol. The van der Waals surface area contributed by atoms with Crippen molar-refractivity contribution in [2.75, 3.05) is 5.32 Å². The van der Waals surface area contributed by atoms with Crippen molar-refractivity contribution in [3.8, 4) is 5.82 Å². The molecule has 0 aliphatic heterocycles. The maximum Gasteiger partial charge on any atom is 0.459 e. The van der Waals surface area contributed by atoms with E-state index in [1.807, 2.05) is 0 Å². The number of aromatic nitrogens is 4. The van der Waals surface area contributed by atoms with Gasteiger partial charge in [0.25, 0.3) is 5.91 Å². The summed E-state index contributed by atoms with van der Waals surface area (Å²) in [6.07, 6.45) is -7.79. The third-order valence-electron chi connectivity index (χ3n) is 4.53. The van der Waals surface area contributed by atoms with Gasteiger partial charge in [0.1, 0.15) is 10.7 Å². The highest BCUT2D eigenvalue weighted by molar-refractivity contribution is 6.71. The molecule has 1 amide bonds. The summed E-state index contributed by atoms with van der Waals surface area (Å²) in [4.78, 5) is 12.1. The van der Waals surface area contributed by atoms with Crippen LogP contribution in [0.4, 0.5) is 40.8 Å². The van der Waals surface area contributed by atoms with Crippen LogP contribution in [0.3, 0.4) is 0 Å². The molecule has 17 heteroatoms. The van der Waals surface area contributed by atoms with Crippen molar-refractivity contribution in [1.82, 2.24) is 24.9 Å². The summed E-state index contributed by atoms with van der Waals surface area (Å²) in [6, 6.07) is -0.0654. The molecule has 186 valence electrons. The number of carbonyl (C=O) groups excluding carboxylic acids is 1. The van der Waals surface area contributed by atoms with Crippen molar-refractivity contribution in [2.24, 2.45) is 7.05 Å². The maximum atomic E-state index is 13.8. The van der Waals surface area contributed by atoms with Crippen LogP contribution in [0.2, 0.25) is 0 Å². The molecule has 2 heterocycles. The number of hydrogen-bond donors (Lipinski definition) is 3. The number of anilines is 1. The van der Waals surface area contributed by atoms with E-state index in [9.17, 15) is 39.9 Å². The van der Waals surface area contributed by atoms with Gasteiger partial charge in [-0.15, -0.1) is 0 Å². The van der Waals surface area contributed by atoms with Crippen LogP contribution in [0.5, 0.6) is 0 Å². The van der Waals surface area contributed by atoms with E-state index < -0.39 is 46.4 Å². The molecule has 1 fully saturated rings. The monoisotopic (exact) mass is 519 g/mol. The van der Waals surface area contributed by atoms with Crippen LogP contribution in [-0.4, -0.2) is 42.9 Å². The largest absolute Gasteiger partial charge is 0.459 e. The molecule has 1 aliphatic rings. The Morgan fingerprint density at radius 3 is 2.32 bits per heavy atom. The summed E-state index contributed by atoms with van der Waals surface area (Å²) in [5.41, 5.74) is -5.27. The second-order valence-electron chi connectivity index (χ2n) is 7.18. The molecule has 3 N–H and O–H groups in total. The van der Waals surface area contributed by atoms with Gasteiger partial charge in [0.2, 0.25) is 0 Å². The Hall–Kier alpha value is -3.17. The molecule has 34 heavy (non-hydrogen) atoms. The van der Waals surface area contributed by atoms with Crippen molar-refractivity contribution < 1.29 is 39.9 Å². The van der Waals surface area contributed by atoms with Crippen molar-refractivity contribution >= 4 is 28.4 Å². The molecular weight excluding hydrogens is 506 g/mol. The van der Waals surface area contributed by atoms with E-state index in [1.165, 1.54) is 0 Å². The zero-order chi connectivity index (χ0) is 25.6. The molecular formula is C17H14ClF8N7O. The lowest BCUT2D eigenvalue weighted by atomic mass is 10.1. The van der Waals surface area contributed by atoms with Crippen LogP contribution in [0.25, 0.3) is 5.82 Å². The summed E-state index contributed by atoms with van der Waals surface area (Å²) in [6.45, 7) is 0. The average Bonchev–Trinajstić information content (AvgIpc) is 3.23. The van der Waals surface area contributed by atoms with Gasteiger partial charge in [-0.3, -0.25) is 10.2 Å². The number of aryl methyl sites for hydroxylation is 1. The molecule has 0 atom stereocenters. The van der Waals surface area contributed by atoms with E-state index in [4.69, 9.17) is 17.0 Å². The summed E-state index contributed by atoms with van der Waals surface area (Å²) in [7, 11) is 0.740. The van der Waals surface area contributed by atoms with Gasteiger partial charge in [0.15, 0.2) is 11.5 Å². The number of halogens is 9. The van der Waals surface area contributed by atoms with E-state index in [1.54, 1.807) is 0 Å².